The molecule has 1 aliphatic heterocycles. The second-order valence-corrected chi connectivity index (χ2v) is 5.46. The van der Waals surface area contributed by atoms with E-state index in [4.69, 9.17) is 4.74 Å². The Morgan fingerprint density at radius 1 is 1.42 bits per heavy atom. The quantitative estimate of drug-likeness (QED) is 0.759. The maximum absolute atomic E-state index is 5.18. The summed E-state index contributed by atoms with van der Waals surface area (Å²) >= 11 is 0. The third kappa shape index (κ3) is 4.05. The molecule has 2 rings (SSSR count). The van der Waals surface area contributed by atoms with Gasteiger partial charge in [-0.25, -0.2) is 4.98 Å². The van der Waals surface area contributed by atoms with Gasteiger partial charge in [-0.05, 0) is 25.8 Å². The molecule has 0 spiro atoms. The van der Waals surface area contributed by atoms with Crippen molar-refractivity contribution in [3.8, 4) is 0 Å². The van der Waals surface area contributed by atoms with Gasteiger partial charge in [0.05, 0.1) is 6.61 Å². The molecule has 1 unspecified atom stereocenters. The molecule has 0 aromatic carbocycles. The Kier molecular flexibility index (Phi) is 5.86. The monoisotopic (exact) mass is 265 g/mol. The summed E-state index contributed by atoms with van der Waals surface area (Å²) < 4.78 is 7.54. The molecule has 0 amide bonds. The van der Waals surface area contributed by atoms with Crippen molar-refractivity contribution in [1.29, 1.82) is 0 Å². The molecule has 1 atom stereocenters. The molecule has 1 fully saturated rings. The number of hydrogen-bond donors (Lipinski definition) is 0. The van der Waals surface area contributed by atoms with Gasteiger partial charge in [0.25, 0.3) is 0 Å². The van der Waals surface area contributed by atoms with E-state index in [0.717, 1.165) is 26.2 Å². The highest BCUT2D eigenvalue weighted by atomic mass is 16.5. The van der Waals surface area contributed by atoms with Crippen molar-refractivity contribution in [2.75, 3.05) is 33.4 Å². The molecule has 0 N–H and O–H groups in total. The van der Waals surface area contributed by atoms with Crippen LogP contribution in [0.4, 0.5) is 0 Å². The van der Waals surface area contributed by atoms with Crippen molar-refractivity contribution in [1.82, 2.24) is 14.5 Å². The Morgan fingerprint density at radius 3 is 3.11 bits per heavy atom. The lowest BCUT2D eigenvalue weighted by atomic mass is 9.97. The van der Waals surface area contributed by atoms with Crippen LogP contribution < -0.4 is 0 Å². The minimum Gasteiger partial charge on any atom is -0.383 e. The predicted molar refractivity (Wildman–Crippen MR) is 77.4 cm³/mol. The molecule has 4 nitrogen and oxygen atoms in total. The fourth-order valence-corrected chi connectivity index (χ4v) is 2.89. The minimum absolute atomic E-state index is 0.595. The van der Waals surface area contributed by atoms with Gasteiger partial charge >= 0.3 is 0 Å². The molecule has 19 heavy (non-hydrogen) atoms. The van der Waals surface area contributed by atoms with Crippen molar-refractivity contribution in [3.63, 3.8) is 0 Å². The van der Waals surface area contributed by atoms with Crippen LogP contribution in [0.15, 0.2) is 12.4 Å². The van der Waals surface area contributed by atoms with Gasteiger partial charge in [-0.1, -0.05) is 13.3 Å². The number of ether oxygens (including phenoxy) is 1. The Labute approximate surface area is 116 Å². The number of likely N-dealkylation sites (tertiary alicyclic amines) is 1. The van der Waals surface area contributed by atoms with Crippen LogP contribution in [0, 0.1) is 0 Å². The SMILES string of the molecule is CCCCn1ccnc1C1CCCN(CCOC)C1. The second-order valence-electron chi connectivity index (χ2n) is 5.46. The van der Waals surface area contributed by atoms with E-state index in [1.54, 1.807) is 7.11 Å². The van der Waals surface area contributed by atoms with Crippen LogP contribution in [0.2, 0.25) is 0 Å². The molecule has 0 radical (unpaired) electrons. The molecule has 0 bridgehead atoms. The fraction of sp³-hybridized carbons (Fsp3) is 0.800. The Bertz CT molecular complexity index is 364. The van der Waals surface area contributed by atoms with Crippen LogP contribution >= 0.6 is 0 Å². The summed E-state index contributed by atoms with van der Waals surface area (Å²) in [4.78, 5) is 7.12. The number of aryl methyl sites for hydroxylation is 1. The molecule has 0 saturated carbocycles. The number of hydrogen-bond acceptors (Lipinski definition) is 3. The first-order valence-corrected chi connectivity index (χ1v) is 7.57. The number of piperidine rings is 1. The summed E-state index contributed by atoms with van der Waals surface area (Å²) in [6.07, 6.45) is 9.12. The maximum atomic E-state index is 5.18. The summed E-state index contributed by atoms with van der Waals surface area (Å²) in [5.74, 6) is 1.88. The number of methoxy groups -OCH3 is 1. The molecular formula is C15H27N3O. The van der Waals surface area contributed by atoms with Gasteiger partial charge in [0.2, 0.25) is 0 Å². The Morgan fingerprint density at radius 2 is 2.32 bits per heavy atom. The molecule has 108 valence electrons. The van der Waals surface area contributed by atoms with Crippen molar-refractivity contribution in [2.24, 2.45) is 0 Å². The van der Waals surface area contributed by atoms with Gasteiger partial charge in [0.1, 0.15) is 5.82 Å². The van der Waals surface area contributed by atoms with E-state index in [2.05, 4.69) is 27.6 Å². The predicted octanol–water partition coefficient (Wildman–Crippen LogP) is 2.51. The van der Waals surface area contributed by atoms with Gasteiger partial charge in [0, 0.05) is 45.1 Å². The van der Waals surface area contributed by atoms with E-state index in [0.29, 0.717) is 5.92 Å². The molecule has 1 aliphatic rings. The summed E-state index contributed by atoms with van der Waals surface area (Å²) in [7, 11) is 1.78. The van der Waals surface area contributed by atoms with Crippen LogP contribution in [-0.4, -0.2) is 47.8 Å². The lowest BCUT2D eigenvalue weighted by Gasteiger charge is -2.32. The van der Waals surface area contributed by atoms with Crippen LogP contribution in [0.3, 0.4) is 0 Å². The lowest BCUT2D eigenvalue weighted by Crippen LogP contribution is -2.37. The van der Waals surface area contributed by atoms with Gasteiger partial charge in [-0.15, -0.1) is 0 Å². The lowest BCUT2D eigenvalue weighted by molar-refractivity contribution is 0.126. The van der Waals surface area contributed by atoms with Crippen LogP contribution in [-0.2, 0) is 11.3 Å². The van der Waals surface area contributed by atoms with Crippen molar-refractivity contribution in [2.45, 2.75) is 45.1 Å². The minimum atomic E-state index is 0.595. The third-order valence-electron chi connectivity index (χ3n) is 3.98. The van der Waals surface area contributed by atoms with Crippen LogP contribution in [0.5, 0.6) is 0 Å². The van der Waals surface area contributed by atoms with E-state index < -0.39 is 0 Å². The number of rotatable bonds is 7. The highest BCUT2D eigenvalue weighted by Crippen LogP contribution is 2.25. The smallest absolute Gasteiger partial charge is 0.113 e. The van der Waals surface area contributed by atoms with Gasteiger partial charge in [-0.2, -0.15) is 0 Å². The molecule has 0 aliphatic carbocycles. The number of unbranched alkanes of at least 4 members (excludes halogenated alkanes) is 1. The van der Waals surface area contributed by atoms with Crippen LogP contribution in [0.1, 0.15) is 44.3 Å². The standard InChI is InChI=1S/C15H27N3O/c1-3-4-9-18-10-7-16-15(18)14-6-5-8-17(13-14)11-12-19-2/h7,10,14H,3-6,8-9,11-13H2,1-2H3. The zero-order valence-corrected chi connectivity index (χ0v) is 12.3. The van der Waals surface area contributed by atoms with E-state index >= 15 is 0 Å². The van der Waals surface area contributed by atoms with Crippen LogP contribution in [0.25, 0.3) is 0 Å². The van der Waals surface area contributed by atoms with E-state index in [-0.39, 0.29) is 0 Å². The zero-order chi connectivity index (χ0) is 13.5. The Hall–Kier alpha value is -0.870. The Balaban J connectivity index is 1.94. The molecule has 1 aromatic rings. The normalized spacial score (nSPS) is 20.8. The fourth-order valence-electron chi connectivity index (χ4n) is 2.89. The molecule has 4 heteroatoms. The topological polar surface area (TPSA) is 30.3 Å². The highest BCUT2D eigenvalue weighted by molar-refractivity contribution is 5.03. The summed E-state index contributed by atoms with van der Waals surface area (Å²) in [6.45, 7) is 7.56. The average molecular weight is 265 g/mol. The molecular weight excluding hydrogens is 238 g/mol. The largest absolute Gasteiger partial charge is 0.383 e. The number of aromatic nitrogens is 2. The number of nitrogens with zero attached hydrogens (tertiary/aromatic N) is 3. The highest BCUT2D eigenvalue weighted by Gasteiger charge is 2.24. The van der Waals surface area contributed by atoms with E-state index in [1.807, 2.05) is 6.20 Å². The van der Waals surface area contributed by atoms with Gasteiger partial charge < -0.3 is 14.2 Å². The molecule has 1 saturated heterocycles. The molecule has 2 heterocycles. The van der Waals surface area contributed by atoms with Crippen molar-refractivity contribution in [3.05, 3.63) is 18.2 Å². The average Bonchev–Trinajstić information content (AvgIpc) is 2.91. The summed E-state index contributed by atoms with van der Waals surface area (Å²) in [5, 5.41) is 0. The summed E-state index contributed by atoms with van der Waals surface area (Å²) in [6, 6.07) is 0. The van der Waals surface area contributed by atoms with Gasteiger partial charge in [0.15, 0.2) is 0 Å². The number of imidazole rings is 1. The van der Waals surface area contributed by atoms with E-state index in [9.17, 15) is 0 Å². The first kappa shape index (κ1) is 14.5. The third-order valence-corrected chi connectivity index (χ3v) is 3.98. The summed E-state index contributed by atoms with van der Waals surface area (Å²) in [5.41, 5.74) is 0. The van der Waals surface area contributed by atoms with Gasteiger partial charge in [-0.3, -0.25) is 0 Å². The van der Waals surface area contributed by atoms with E-state index in [1.165, 1.54) is 38.1 Å². The second kappa shape index (κ2) is 7.65. The zero-order valence-electron chi connectivity index (χ0n) is 12.3. The van der Waals surface area contributed by atoms with Crippen molar-refractivity contribution >= 4 is 0 Å². The first-order valence-electron chi connectivity index (χ1n) is 7.57. The first-order chi connectivity index (χ1) is 9.35. The van der Waals surface area contributed by atoms with Crippen molar-refractivity contribution < 1.29 is 4.74 Å². The molecule has 1 aromatic heterocycles. The maximum Gasteiger partial charge on any atom is 0.113 e.